The van der Waals surface area contributed by atoms with Gasteiger partial charge in [-0.05, 0) is 80.5 Å². The van der Waals surface area contributed by atoms with Gasteiger partial charge in [-0.1, -0.05) is 32.1 Å². The van der Waals surface area contributed by atoms with E-state index >= 15 is 0 Å². The van der Waals surface area contributed by atoms with Crippen LogP contribution < -0.4 is 0 Å². The van der Waals surface area contributed by atoms with E-state index in [-0.39, 0.29) is 6.04 Å². The lowest BCUT2D eigenvalue weighted by Gasteiger charge is -2.17. The number of aliphatic imine (C=N–C) groups is 1. The molecule has 4 rings (SSSR count). The molecule has 3 saturated carbocycles. The fourth-order valence-electron chi connectivity index (χ4n) is 5.44. The highest BCUT2D eigenvalue weighted by molar-refractivity contribution is 5.83. The van der Waals surface area contributed by atoms with E-state index in [4.69, 9.17) is 14.5 Å². The zero-order chi connectivity index (χ0) is 19.7. The maximum absolute atomic E-state index is 5.78. The van der Waals surface area contributed by atoms with Crippen molar-refractivity contribution in [3.63, 3.8) is 0 Å². The van der Waals surface area contributed by atoms with Gasteiger partial charge in [-0.3, -0.25) is 0 Å². The summed E-state index contributed by atoms with van der Waals surface area (Å²) >= 11 is 0. The summed E-state index contributed by atoms with van der Waals surface area (Å²) in [6, 6.07) is 0.272. The largest absolute Gasteiger partial charge is 0.478 e. The summed E-state index contributed by atoms with van der Waals surface area (Å²) in [5, 5.41) is 0. The Hall–Kier alpha value is -1.09. The van der Waals surface area contributed by atoms with Crippen molar-refractivity contribution in [2.24, 2.45) is 40.0 Å². The minimum Gasteiger partial charge on any atom is -0.478 e. The quantitative estimate of drug-likeness (QED) is 0.397. The summed E-state index contributed by atoms with van der Waals surface area (Å²) in [6.45, 7) is 9.40. The second kappa shape index (κ2) is 8.34. The van der Waals surface area contributed by atoms with Crippen LogP contribution in [-0.4, -0.2) is 31.8 Å². The number of hydrogen-bond donors (Lipinski definition) is 0. The molecule has 156 valence electrons. The highest BCUT2D eigenvalue weighted by atomic mass is 16.5. The lowest BCUT2D eigenvalue weighted by molar-refractivity contribution is 0.0898. The topological polar surface area (TPSA) is 30.8 Å². The first-order chi connectivity index (χ1) is 13.5. The standard InChI is InChI=1S/C25H39NO2/c1-5-8-20(27-4)11-12-25(3)15-23(25)22-14-18(22)9-6-7-10-19-16-28-24(26-19)21-13-17(21)2/h5,7,10,17-23H,1,6,8-9,11-16H2,2-4H3/b10-7-/t17-,18-,19+,20-,21+,22-,23-,25-/m0/s1. The van der Waals surface area contributed by atoms with Gasteiger partial charge in [0.15, 0.2) is 5.90 Å². The number of methoxy groups -OCH3 is 1. The molecule has 1 heterocycles. The van der Waals surface area contributed by atoms with Crippen molar-refractivity contribution in [1.29, 1.82) is 0 Å². The summed E-state index contributed by atoms with van der Waals surface area (Å²) in [5.74, 6) is 5.36. The minimum atomic E-state index is 0.272. The molecule has 3 aliphatic carbocycles. The second-order valence-corrected chi connectivity index (χ2v) is 10.2. The summed E-state index contributed by atoms with van der Waals surface area (Å²) in [7, 11) is 1.83. The molecule has 1 aliphatic heterocycles. The second-order valence-electron chi connectivity index (χ2n) is 10.2. The van der Waals surface area contributed by atoms with Gasteiger partial charge in [0.25, 0.3) is 0 Å². The SMILES string of the molecule is C=CC[C@@H](CC[C@@]1(C)C[C@H]1[C@H]1C[C@@H]1CC/C=C\[C@@H]1COC([C@@H]2C[C@@H]2C)=N1)OC. The molecule has 28 heavy (non-hydrogen) atoms. The van der Waals surface area contributed by atoms with Gasteiger partial charge < -0.3 is 9.47 Å². The Kier molecular flexibility index (Phi) is 6.01. The van der Waals surface area contributed by atoms with Crippen molar-refractivity contribution in [1.82, 2.24) is 0 Å². The van der Waals surface area contributed by atoms with E-state index in [9.17, 15) is 0 Å². The molecule has 0 bridgehead atoms. The fourth-order valence-corrected chi connectivity index (χ4v) is 5.44. The molecule has 0 aromatic carbocycles. The van der Waals surface area contributed by atoms with Gasteiger partial charge in [0.1, 0.15) is 12.6 Å². The predicted molar refractivity (Wildman–Crippen MR) is 115 cm³/mol. The molecule has 0 aromatic heterocycles. The van der Waals surface area contributed by atoms with E-state index in [2.05, 4.69) is 32.6 Å². The molecule has 3 heteroatoms. The number of nitrogens with zero attached hydrogens (tertiary/aromatic N) is 1. The van der Waals surface area contributed by atoms with E-state index in [1.54, 1.807) is 0 Å². The Morgan fingerprint density at radius 2 is 2.21 bits per heavy atom. The average molecular weight is 386 g/mol. The van der Waals surface area contributed by atoms with Gasteiger partial charge in [-0.15, -0.1) is 6.58 Å². The van der Waals surface area contributed by atoms with Crippen LogP contribution in [0.4, 0.5) is 0 Å². The molecule has 0 N–H and O–H groups in total. The summed E-state index contributed by atoms with van der Waals surface area (Å²) in [4.78, 5) is 4.75. The van der Waals surface area contributed by atoms with Crippen LogP contribution in [0.1, 0.15) is 65.2 Å². The number of hydrogen-bond acceptors (Lipinski definition) is 3. The van der Waals surface area contributed by atoms with Crippen molar-refractivity contribution in [3.8, 4) is 0 Å². The molecule has 3 nitrogen and oxygen atoms in total. The van der Waals surface area contributed by atoms with Crippen molar-refractivity contribution in [2.75, 3.05) is 13.7 Å². The molecule has 0 unspecified atom stereocenters. The third kappa shape index (κ3) is 4.72. The molecule has 3 fully saturated rings. The first-order valence-corrected chi connectivity index (χ1v) is 11.5. The van der Waals surface area contributed by atoms with E-state index in [0.29, 0.717) is 17.4 Å². The lowest BCUT2D eigenvalue weighted by atomic mass is 9.94. The van der Waals surface area contributed by atoms with Crippen LogP contribution in [0.15, 0.2) is 29.8 Å². The molecule has 0 saturated heterocycles. The van der Waals surface area contributed by atoms with Crippen LogP contribution in [0.3, 0.4) is 0 Å². The molecule has 0 spiro atoms. The van der Waals surface area contributed by atoms with Gasteiger partial charge in [0.05, 0.1) is 6.10 Å². The summed E-state index contributed by atoms with van der Waals surface area (Å²) in [5.41, 5.74) is 0.583. The lowest BCUT2D eigenvalue weighted by Crippen LogP contribution is -2.12. The number of ether oxygens (including phenoxy) is 2. The fraction of sp³-hybridized carbons (Fsp3) is 0.800. The third-order valence-corrected chi connectivity index (χ3v) is 7.90. The van der Waals surface area contributed by atoms with Gasteiger partial charge >= 0.3 is 0 Å². The van der Waals surface area contributed by atoms with Crippen molar-refractivity contribution >= 4 is 5.90 Å². The Labute approximate surface area is 171 Å². The van der Waals surface area contributed by atoms with Crippen LogP contribution in [-0.2, 0) is 9.47 Å². The van der Waals surface area contributed by atoms with E-state index in [0.717, 1.165) is 42.6 Å². The van der Waals surface area contributed by atoms with Crippen LogP contribution in [0.2, 0.25) is 0 Å². The predicted octanol–water partition coefficient (Wildman–Crippen LogP) is 5.81. The third-order valence-electron chi connectivity index (χ3n) is 7.90. The maximum atomic E-state index is 5.78. The smallest absolute Gasteiger partial charge is 0.187 e. The van der Waals surface area contributed by atoms with Crippen molar-refractivity contribution in [3.05, 3.63) is 24.8 Å². The number of rotatable bonds is 12. The van der Waals surface area contributed by atoms with Gasteiger partial charge in [0, 0.05) is 13.0 Å². The summed E-state index contributed by atoms with van der Waals surface area (Å²) in [6.07, 6.45) is 17.2. The molecular formula is C25H39NO2. The van der Waals surface area contributed by atoms with E-state index < -0.39 is 0 Å². The Bertz CT molecular complexity index is 626. The minimum absolute atomic E-state index is 0.272. The highest BCUT2D eigenvalue weighted by Crippen LogP contribution is 2.67. The van der Waals surface area contributed by atoms with Gasteiger partial charge in [0.2, 0.25) is 0 Å². The zero-order valence-electron chi connectivity index (χ0n) is 18.1. The van der Waals surface area contributed by atoms with Gasteiger partial charge in [-0.2, -0.15) is 0 Å². The Balaban J connectivity index is 1.12. The first-order valence-electron chi connectivity index (χ1n) is 11.5. The van der Waals surface area contributed by atoms with Crippen LogP contribution in [0.5, 0.6) is 0 Å². The average Bonchev–Trinajstić information content (AvgIpc) is 3.63. The maximum Gasteiger partial charge on any atom is 0.187 e. The number of allylic oxidation sites excluding steroid dienone is 1. The molecule has 8 atom stereocenters. The van der Waals surface area contributed by atoms with Gasteiger partial charge in [-0.25, -0.2) is 4.99 Å². The Morgan fingerprint density at radius 3 is 2.93 bits per heavy atom. The van der Waals surface area contributed by atoms with Crippen LogP contribution in [0.25, 0.3) is 0 Å². The first kappa shape index (κ1) is 20.2. The monoisotopic (exact) mass is 385 g/mol. The van der Waals surface area contributed by atoms with Crippen molar-refractivity contribution < 1.29 is 9.47 Å². The Morgan fingerprint density at radius 1 is 1.39 bits per heavy atom. The highest BCUT2D eigenvalue weighted by Gasteiger charge is 2.59. The van der Waals surface area contributed by atoms with E-state index in [1.165, 1.54) is 44.9 Å². The molecule has 0 aromatic rings. The molecular weight excluding hydrogens is 346 g/mol. The zero-order valence-corrected chi connectivity index (χ0v) is 18.1. The van der Waals surface area contributed by atoms with Crippen molar-refractivity contribution in [2.45, 2.75) is 77.4 Å². The molecule has 0 radical (unpaired) electrons. The van der Waals surface area contributed by atoms with E-state index in [1.807, 2.05) is 13.2 Å². The van der Waals surface area contributed by atoms with Crippen LogP contribution >= 0.6 is 0 Å². The molecule has 0 amide bonds. The van der Waals surface area contributed by atoms with Crippen LogP contribution in [0, 0.1) is 35.0 Å². The summed E-state index contributed by atoms with van der Waals surface area (Å²) < 4.78 is 11.4. The molecule has 4 aliphatic rings. The normalized spacial score (nSPS) is 42.2.